The van der Waals surface area contributed by atoms with Crippen LogP contribution in [0.3, 0.4) is 0 Å². The number of nitrogens with zero attached hydrogens (tertiary/aromatic N) is 2. The molecule has 1 saturated heterocycles. The Labute approximate surface area is 152 Å². The summed E-state index contributed by atoms with van der Waals surface area (Å²) >= 11 is 0. The Balaban J connectivity index is 1.61. The minimum Gasteiger partial charge on any atom is -0.493 e. The summed E-state index contributed by atoms with van der Waals surface area (Å²) in [5.74, 6) is 0.759. The number of carbonyl (C=O) groups excluding carboxylic acids is 1. The van der Waals surface area contributed by atoms with E-state index in [1.807, 2.05) is 36.4 Å². The fraction of sp³-hybridized carbons (Fsp3) is 0.300. The maximum atomic E-state index is 12.5. The van der Waals surface area contributed by atoms with Crippen molar-refractivity contribution in [3.8, 4) is 17.6 Å². The second-order valence-corrected chi connectivity index (χ2v) is 5.88. The van der Waals surface area contributed by atoms with E-state index in [0.29, 0.717) is 36.8 Å². The van der Waals surface area contributed by atoms with Crippen LogP contribution >= 0.6 is 0 Å². The zero-order valence-electron chi connectivity index (χ0n) is 14.6. The van der Waals surface area contributed by atoms with Crippen molar-refractivity contribution in [2.45, 2.75) is 6.10 Å². The minimum absolute atomic E-state index is 0.0935. The summed E-state index contributed by atoms with van der Waals surface area (Å²) < 4.78 is 16.6. The lowest BCUT2D eigenvalue weighted by molar-refractivity contribution is -0.141. The first-order valence-electron chi connectivity index (χ1n) is 8.36. The highest BCUT2D eigenvalue weighted by Crippen LogP contribution is 2.28. The van der Waals surface area contributed by atoms with Crippen molar-refractivity contribution in [1.82, 2.24) is 4.90 Å². The van der Waals surface area contributed by atoms with E-state index in [1.54, 1.807) is 23.1 Å². The summed E-state index contributed by atoms with van der Waals surface area (Å²) in [4.78, 5) is 14.3. The van der Waals surface area contributed by atoms with E-state index in [9.17, 15) is 4.79 Å². The molecule has 1 atom stereocenters. The maximum absolute atomic E-state index is 12.5. The molecule has 0 bridgehead atoms. The van der Waals surface area contributed by atoms with E-state index in [0.717, 1.165) is 5.56 Å². The largest absolute Gasteiger partial charge is 0.493 e. The lowest BCUT2D eigenvalue weighted by atomic mass is 10.1. The fourth-order valence-corrected chi connectivity index (χ4v) is 2.83. The molecule has 1 aliphatic heterocycles. The van der Waals surface area contributed by atoms with Gasteiger partial charge in [-0.15, -0.1) is 0 Å². The standard InChI is InChI=1S/C20H20N2O4/c1-24-18-11-15(12-21)7-8-17(18)26-14-20(23)22-9-10-25-19(13-22)16-5-3-2-4-6-16/h2-8,11,19H,9-10,13-14H2,1H3. The van der Waals surface area contributed by atoms with E-state index in [1.165, 1.54) is 7.11 Å². The fourth-order valence-electron chi connectivity index (χ4n) is 2.83. The molecule has 0 spiro atoms. The second-order valence-electron chi connectivity index (χ2n) is 5.88. The van der Waals surface area contributed by atoms with Crippen LogP contribution in [0.1, 0.15) is 17.2 Å². The van der Waals surface area contributed by atoms with Gasteiger partial charge in [0, 0.05) is 12.6 Å². The van der Waals surface area contributed by atoms with E-state index >= 15 is 0 Å². The molecule has 26 heavy (non-hydrogen) atoms. The van der Waals surface area contributed by atoms with Crippen molar-refractivity contribution in [3.63, 3.8) is 0 Å². The Morgan fingerprint density at radius 3 is 2.81 bits per heavy atom. The van der Waals surface area contributed by atoms with Gasteiger partial charge >= 0.3 is 0 Å². The average molecular weight is 352 g/mol. The van der Waals surface area contributed by atoms with Crippen molar-refractivity contribution in [3.05, 3.63) is 59.7 Å². The molecule has 0 radical (unpaired) electrons. The molecule has 6 heteroatoms. The van der Waals surface area contributed by atoms with Crippen LogP contribution in [0.25, 0.3) is 0 Å². The molecule has 2 aromatic rings. The van der Waals surface area contributed by atoms with E-state index in [4.69, 9.17) is 19.5 Å². The summed E-state index contributed by atoms with van der Waals surface area (Å²) in [5.41, 5.74) is 1.53. The molecule has 1 amide bonds. The van der Waals surface area contributed by atoms with Crippen molar-refractivity contribution in [2.24, 2.45) is 0 Å². The summed E-state index contributed by atoms with van der Waals surface area (Å²) in [5, 5.41) is 8.94. The second kappa shape index (κ2) is 8.37. The third kappa shape index (κ3) is 4.13. The van der Waals surface area contributed by atoms with Crippen LogP contribution in [0.5, 0.6) is 11.5 Å². The van der Waals surface area contributed by atoms with Gasteiger partial charge in [-0.25, -0.2) is 0 Å². The van der Waals surface area contributed by atoms with Gasteiger partial charge < -0.3 is 19.1 Å². The molecule has 1 unspecified atom stereocenters. The molecule has 0 aliphatic carbocycles. The van der Waals surface area contributed by atoms with Gasteiger partial charge in [0.05, 0.1) is 31.9 Å². The van der Waals surface area contributed by atoms with E-state index < -0.39 is 0 Å². The van der Waals surface area contributed by atoms with Gasteiger partial charge in [0.1, 0.15) is 6.10 Å². The first-order chi connectivity index (χ1) is 12.7. The van der Waals surface area contributed by atoms with E-state index in [2.05, 4.69) is 0 Å². The number of morpholine rings is 1. The van der Waals surface area contributed by atoms with E-state index in [-0.39, 0.29) is 18.6 Å². The number of hydrogen-bond acceptors (Lipinski definition) is 5. The Bertz CT molecular complexity index is 801. The number of rotatable bonds is 5. The molecule has 1 aliphatic rings. The molecule has 6 nitrogen and oxygen atoms in total. The van der Waals surface area contributed by atoms with Crippen LogP contribution in [0.4, 0.5) is 0 Å². The Morgan fingerprint density at radius 1 is 1.27 bits per heavy atom. The molecule has 0 N–H and O–H groups in total. The van der Waals surface area contributed by atoms with Gasteiger partial charge in [-0.1, -0.05) is 30.3 Å². The van der Waals surface area contributed by atoms with Crippen LogP contribution in [-0.2, 0) is 9.53 Å². The highest BCUT2D eigenvalue weighted by Gasteiger charge is 2.25. The lowest BCUT2D eigenvalue weighted by Crippen LogP contribution is -2.44. The Kier molecular flexibility index (Phi) is 5.72. The Morgan fingerprint density at radius 2 is 2.08 bits per heavy atom. The van der Waals surface area contributed by atoms with Crippen LogP contribution < -0.4 is 9.47 Å². The van der Waals surface area contributed by atoms with Gasteiger partial charge in [0.15, 0.2) is 18.1 Å². The molecule has 3 rings (SSSR count). The molecule has 0 saturated carbocycles. The highest BCUT2D eigenvalue weighted by molar-refractivity contribution is 5.78. The summed E-state index contributed by atoms with van der Waals surface area (Å²) in [6.45, 7) is 1.43. The van der Waals surface area contributed by atoms with Gasteiger partial charge in [0.2, 0.25) is 0 Å². The normalized spacial score (nSPS) is 16.6. The van der Waals surface area contributed by atoms with Gasteiger partial charge in [-0.2, -0.15) is 5.26 Å². The quantitative estimate of drug-likeness (QED) is 0.827. The van der Waals surface area contributed by atoms with Crippen LogP contribution in [0.15, 0.2) is 48.5 Å². The van der Waals surface area contributed by atoms with Crippen molar-refractivity contribution >= 4 is 5.91 Å². The predicted molar refractivity (Wildman–Crippen MR) is 94.9 cm³/mol. The number of nitriles is 1. The number of hydrogen-bond donors (Lipinski definition) is 0. The van der Waals surface area contributed by atoms with Gasteiger partial charge in [-0.05, 0) is 17.7 Å². The minimum atomic E-state index is -0.127. The van der Waals surface area contributed by atoms with Crippen molar-refractivity contribution in [1.29, 1.82) is 5.26 Å². The molecular formula is C20H20N2O4. The SMILES string of the molecule is COc1cc(C#N)ccc1OCC(=O)N1CCOC(c2ccccc2)C1. The maximum Gasteiger partial charge on any atom is 0.260 e. The zero-order valence-corrected chi connectivity index (χ0v) is 14.6. The monoisotopic (exact) mass is 352 g/mol. The number of carbonyl (C=O) groups is 1. The van der Waals surface area contributed by atoms with Crippen LogP contribution in [-0.4, -0.2) is 44.2 Å². The predicted octanol–water partition coefficient (Wildman–Crippen LogP) is 2.55. The summed E-state index contributed by atoms with van der Waals surface area (Å²) in [6.07, 6.45) is -0.127. The number of benzene rings is 2. The van der Waals surface area contributed by atoms with Gasteiger partial charge in [0.25, 0.3) is 5.91 Å². The summed E-state index contributed by atoms with van der Waals surface area (Å²) in [6, 6.07) is 16.7. The first-order valence-corrected chi connectivity index (χ1v) is 8.36. The van der Waals surface area contributed by atoms with Crippen LogP contribution in [0.2, 0.25) is 0 Å². The Hall–Kier alpha value is -3.04. The lowest BCUT2D eigenvalue weighted by Gasteiger charge is -2.33. The third-order valence-corrected chi connectivity index (χ3v) is 4.23. The number of amides is 1. The molecule has 1 heterocycles. The molecular weight excluding hydrogens is 332 g/mol. The zero-order chi connectivity index (χ0) is 18.4. The topological polar surface area (TPSA) is 71.8 Å². The van der Waals surface area contributed by atoms with Crippen LogP contribution in [0, 0.1) is 11.3 Å². The highest BCUT2D eigenvalue weighted by atomic mass is 16.5. The number of methoxy groups -OCH3 is 1. The van der Waals surface area contributed by atoms with Crippen molar-refractivity contribution < 1.29 is 19.0 Å². The molecule has 1 fully saturated rings. The molecule has 0 aromatic heterocycles. The summed E-state index contributed by atoms with van der Waals surface area (Å²) in [7, 11) is 1.50. The average Bonchev–Trinajstić information content (AvgIpc) is 2.72. The molecule has 134 valence electrons. The molecule has 2 aromatic carbocycles. The van der Waals surface area contributed by atoms with Gasteiger partial charge in [-0.3, -0.25) is 4.79 Å². The van der Waals surface area contributed by atoms with Crippen molar-refractivity contribution in [2.75, 3.05) is 33.4 Å². The number of ether oxygens (including phenoxy) is 3. The first kappa shape index (κ1) is 17.8. The third-order valence-electron chi connectivity index (χ3n) is 4.23. The smallest absolute Gasteiger partial charge is 0.260 e.